The lowest BCUT2D eigenvalue weighted by molar-refractivity contribution is -0.257. The molecule has 0 aromatic heterocycles. The van der Waals surface area contributed by atoms with Gasteiger partial charge >= 0.3 is 11.9 Å². The summed E-state index contributed by atoms with van der Waals surface area (Å²) in [5.74, 6) is -2.42. The second-order valence-corrected chi connectivity index (χ2v) is 7.92. The Bertz CT molecular complexity index is 768. The summed E-state index contributed by atoms with van der Waals surface area (Å²) in [6.45, 7) is 4.92. The molecule has 2 rings (SSSR count). The van der Waals surface area contributed by atoms with E-state index in [9.17, 15) is 29.4 Å². The Morgan fingerprint density at radius 2 is 1.88 bits per heavy atom. The van der Waals surface area contributed by atoms with Crippen molar-refractivity contribution < 1.29 is 48.3 Å². The van der Waals surface area contributed by atoms with Crippen LogP contribution in [0, 0.1) is 5.92 Å². The molecular formula is C21H32N2O10. The van der Waals surface area contributed by atoms with Crippen molar-refractivity contribution in [1.29, 1.82) is 0 Å². The standard InChI is InChI=1S/C21H32N2O10/c1-11-14(20(29)33-19(11)28)4-5-16(26)22-6-7-30-8-9-31-21-17(23-13(3)25)18(27)12(2)15(10-24)32-21/h12,15,17-18,21,24,27H,4-10H2,1-3H3,(H,22,26)(H,23,25)/t12-,15+,17+,18-,21+/m1/s1. The molecular weight excluding hydrogens is 440 g/mol. The third-order valence-corrected chi connectivity index (χ3v) is 5.52. The van der Waals surface area contributed by atoms with E-state index in [-0.39, 0.29) is 68.8 Å². The first-order valence-corrected chi connectivity index (χ1v) is 10.8. The van der Waals surface area contributed by atoms with Crippen molar-refractivity contribution in [2.45, 2.75) is 58.2 Å². The Labute approximate surface area is 191 Å². The lowest BCUT2D eigenvalue weighted by atomic mass is 9.89. The average molecular weight is 472 g/mol. The molecule has 2 heterocycles. The lowest BCUT2D eigenvalue weighted by Crippen LogP contribution is -2.61. The number of carbonyl (C=O) groups excluding carboxylic acids is 4. The van der Waals surface area contributed by atoms with Crippen molar-refractivity contribution in [2.75, 3.05) is 33.0 Å². The van der Waals surface area contributed by atoms with Gasteiger partial charge in [-0.2, -0.15) is 0 Å². The molecule has 1 fully saturated rings. The van der Waals surface area contributed by atoms with Crippen LogP contribution in [0.2, 0.25) is 0 Å². The second kappa shape index (κ2) is 12.8. The highest BCUT2D eigenvalue weighted by molar-refractivity contribution is 6.12. The summed E-state index contributed by atoms with van der Waals surface area (Å²) in [7, 11) is 0. The van der Waals surface area contributed by atoms with Gasteiger partial charge in [0.15, 0.2) is 6.29 Å². The maximum absolute atomic E-state index is 11.9. The van der Waals surface area contributed by atoms with Crippen molar-refractivity contribution in [2.24, 2.45) is 5.92 Å². The molecule has 0 aliphatic carbocycles. The quantitative estimate of drug-likeness (QED) is 0.149. The summed E-state index contributed by atoms with van der Waals surface area (Å²) in [6.07, 6.45) is -2.38. The van der Waals surface area contributed by atoms with E-state index in [1.807, 2.05) is 0 Å². The van der Waals surface area contributed by atoms with Gasteiger partial charge in [0, 0.05) is 37.0 Å². The SMILES string of the molecule is CC(=O)N[C@@H]1[C@@H](OCCOCCNC(=O)CCC2=C(C)C(=O)OC2=O)O[C@@H](CO)[C@@H](C)[C@H]1O. The topological polar surface area (TPSA) is 170 Å². The van der Waals surface area contributed by atoms with Gasteiger partial charge in [-0.3, -0.25) is 9.59 Å². The van der Waals surface area contributed by atoms with Crippen LogP contribution in [0.15, 0.2) is 11.1 Å². The predicted octanol–water partition coefficient (Wildman–Crippen LogP) is -1.47. The van der Waals surface area contributed by atoms with Crippen LogP contribution in [0.5, 0.6) is 0 Å². The van der Waals surface area contributed by atoms with Crippen LogP contribution < -0.4 is 10.6 Å². The molecule has 0 aromatic carbocycles. The van der Waals surface area contributed by atoms with Crippen molar-refractivity contribution in [1.82, 2.24) is 10.6 Å². The summed E-state index contributed by atoms with van der Waals surface area (Å²) in [5, 5.41) is 25.1. The Kier molecular flexibility index (Phi) is 10.4. The van der Waals surface area contributed by atoms with E-state index >= 15 is 0 Å². The molecule has 2 amide bonds. The number of hydrogen-bond donors (Lipinski definition) is 4. The zero-order valence-electron chi connectivity index (χ0n) is 19.0. The zero-order chi connectivity index (χ0) is 24.5. The average Bonchev–Trinajstić information content (AvgIpc) is 3.01. The minimum absolute atomic E-state index is 0.0362. The van der Waals surface area contributed by atoms with E-state index in [1.54, 1.807) is 6.92 Å². The first-order chi connectivity index (χ1) is 15.6. The molecule has 5 atom stereocenters. The van der Waals surface area contributed by atoms with Crippen LogP contribution in [-0.2, 0) is 38.1 Å². The maximum Gasteiger partial charge on any atom is 0.342 e. The fourth-order valence-electron chi connectivity index (χ4n) is 3.53. The fraction of sp³-hybridized carbons (Fsp3) is 0.714. The van der Waals surface area contributed by atoms with Gasteiger partial charge < -0.3 is 39.8 Å². The Morgan fingerprint density at radius 3 is 2.48 bits per heavy atom. The van der Waals surface area contributed by atoms with Crippen LogP contribution in [0.4, 0.5) is 0 Å². The number of carbonyl (C=O) groups is 4. The molecule has 0 aromatic rings. The van der Waals surface area contributed by atoms with Gasteiger partial charge in [0.25, 0.3) is 0 Å². The van der Waals surface area contributed by atoms with E-state index in [2.05, 4.69) is 15.4 Å². The normalized spacial score (nSPS) is 27.5. The molecule has 0 saturated carbocycles. The van der Waals surface area contributed by atoms with Crippen molar-refractivity contribution >= 4 is 23.8 Å². The fourth-order valence-corrected chi connectivity index (χ4v) is 3.53. The summed E-state index contributed by atoms with van der Waals surface area (Å²) in [4.78, 5) is 46.1. The molecule has 0 bridgehead atoms. The summed E-state index contributed by atoms with van der Waals surface area (Å²) in [6, 6.07) is -0.786. The highest BCUT2D eigenvalue weighted by Crippen LogP contribution is 2.26. The zero-order valence-corrected chi connectivity index (χ0v) is 19.0. The monoisotopic (exact) mass is 472 g/mol. The molecule has 33 heavy (non-hydrogen) atoms. The molecule has 0 unspecified atom stereocenters. The molecule has 2 aliphatic heterocycles. The van der Waals surface area contributed by atoms with Crippen molar-refractivity contribution in [3.8, 4) is 0 Å². The summed E-state index contributed by atoms with van der Waals surface area (Å²) < 4.78 is 21.1. The first-order valence-electron chi connectivity index (χ1n) is 10.8. The minimum atomic E-state index is -0.954. The van der Waals surface area contributed by atoms with Gasteiger partial charge in [-0.1, -0.05) is 6.92 Å². The molecule has 4 N–H and O–H groups in total. The van der Waals surface area contributed by atoms with Crippen LogP contribution in [0.3, 0.4) is 0 Å². The molecule has 0 radical (unpaired) electrons. The lowest BCUT2D eigenvalue weighted by Gasteiger charge is -2.43. The number of aliphatic hydroxyl groups is 2. The maximum atomic E-state index is 11.9. The van der Waals surface area contributed by atoms with Crippen molar-refractivity contribution in [3.63, 3.8) is 0 Å². The molecule has 0 spiro atoms. The van der Waals surface area contributed by atoms with Gasteiger partial charge in [-0.05, 0) is 13.3 Å². The molecule has 186 valence electrons. The van der Waals surface area contributed by atoms with E-state index in [0.717, 1.165) is 0 Å². The highest BCUT2D eigenvalue weighted by Gasteiger charge is 2.43. The van der Waals surface area contributed by atoms with E-state index in [1.165, 1.54) is 13.8 Å². The van der Waals surface area contributed by atoms with E-state index in [0.29, 0.717) is 0 Å². The number of esters is 2. The Morgan fingerprint density at radius 1 is 1.15 bits per heavy atom. The third kappa shape index (κ3) is 7.57. The molecule has 1 saturated heterocycles. The largest absolute Gasteiger partial charge is 0.394 e. The Hall–Kier alpha value is -2.38. The highest BCUT2D eigenvalue weighted by atomic mass is 16.7. The smallest absolute Gasteiger partial charge is 0.342 e. The number of amides is 2. The van der Waals surface area contributed by atoms with Crippen LogP contribution in [0.1, 0.15) is 33.6 Å². The number of ether oxygens (including phenoxy) is 4. The molecule has 12 heteroatoms. The van der Waals surface area contributed by atoms with Crippen LogP contribution in [-0.4, -0.2) is 91.5 Å². The first kappa shape index (κ1) is 26.9. The van der Waals surface area contributed by atoms with E-state index in [4.69, 9.17) is 14.2 Å². The molecule has 2 aliphatic rings. The van der Waals surface area contributed by atoms with Crippen LogP contribution >= 0.6 is 0 Å². The summed E-state index contributed by atoms with van der Waals surface area (Å²) in [5.41, 5.74) is 0.445. The third-order valence-electron chi connectivity index (χ3n) is 5.52. The number of hydrogen-bond acceptors (Lipinski definition) is 10. The second-order valence-electron chi connectivity index (χ2n) is 7.92. The number of nitrogens with one attached hydrogen (secondary N) is 2. The Balaban J connectivity index is 1.64. The van der Waals surface area contributed by atoms with Gasteiger partial charge in [-0.15, -0.1) is 0 Å². The van der Waals surface area contributed by atoms with Gasteiger partial charge in [0.2, 0.25) is 11.8 Å². The predicted molar refractivity (Wildman–Crippen MR) is 111 cm³/mol. The summed E-state index contributed by atoms with van der Waals surface area (Å²) >= 11 is 0. The van der Waals surface area contributed by atoms with Crippen molar-refractivity contribution in [3.05, 3.63) is 11.1 Å². The minimum Gasteiger partial charge on any atom is -0.394 e. The van der Waals surface area contributed by atoms with Gasteiger partial charge in [0.05, 0.1) is 38.6 Å². The van der Waals surface area contributed by atoms with E-state index < -0.39 is 42.4 Å². The van der Waals surface area contributed by atoms with Gasteiger partial charge in [0.1, 0.15) is 6.04 Å². The number of rotatable bonds is 12. The molecule has 12 nitrogen and oxygen atoms in total. The van der Waals surface area contributed by atoms with Crippen LogP contribution in [0.25, 0.3) is 0 Å². The number of cyclic esters (lactones) is 2. The van der Waals surface area contributed by atoms with Gasteiger partial charge in [-0.25, -0.2) is 9.59 Å². The number of aliphatic hydroxyl groups excluding tert-OH is 2.